The van der Waals surface area contributed by atoms with Crippen LogP contribution in [0.2, 0.25) is 0 Å². The van der Waals surface area contributed by atoms with Crippen molar-refractivity contribution < 1.29 is 28.7 Å². The normalized spacial score (nSPS) is 11.2. The summed E-state index contributed by atoms with van der Waals surface area (Å²) in [5.74, 6) is -1.46. The molecule has 0 aromatic heterocycles. The van der Waals surface area contributed by atoms with E-state index in [0.29, 0.717) is 17.9 Å². The zero-order valence-corrected chi connectivity index (χ0v) is 17.1. The molecule has 2 N–H and O–H groups in total. The monoisotopic (exact) mass is 412 g/mol. The van der Waals surface area contributed by atoms with E-state index in [-0.39, 0.29) is 5.91 Å². The molecule has 8 nitrogen and oxygen atoms in total. The molecular formula is C22H24N2O6. The second-order valence-electron chi connectivity index (χ2n) is 6.46. The molecule has 2 amide bonds. The Morgan fingerprint density at radius 2 is 1.50 bits per heavy atom. The Bertz CT molecular complexity index is 906. The summed E-state index contributed by atoms with van der Waals surface area (Å²) in [6, 6.07) is 12.9. The summed E-state index contributed by atoms with van der Waals surface area (Å²) >= 11 is 0. The van der Waals surface area contributed by atoms with Gasteiger partial charge in [0.25, 0.3) is 5.91 Å². The third-order valence-electron chi connectivity index (χ3n) is 4.03. The number of carbonyl (C=O) groups excluding carboxylic acids is 4. The van der Waals surface area contributed by atoms with Crippen molar-refractivity contribution in [1.29, 1.82) is 0 Å². The summed E-state index contributed by atoms with van der Waals surface area (Å²) in [5, 5.41) is 5.05. The van der Waals surface area contributed by atoms with E-state index in [1.165, 1.54) is 6.92 Å². The van der Waals surface area contributed by atoms with Gasteiger partial charge in [0.15, 0.2) is 6.61 Å². The van der Waals surface area contributed by atoms with Gasteiger partial charge in [0.05, 0.1) is 5.56 Å². The Balaban J connectivity index is 1.89. The smallest absolute Gasteiger partial charge is 0.338 e. The van der Waals surface area contributed by atoms with Crippen LogP contribution >= 0.6 is 0 Å². The van der Waals surface area contributed by atoms with Crippen molar-refractivity contribution in [3.8, 4) is 16.9 Å². The van der Waals surface area contributed by atoms with Crippen molar-refractivity contribution in [2.45, 2.75) is 26.8 Å². The third kappa shape index (κ3) is 6.73. The summed E-state index contributed by atoms with van der Waals surface area (Å²) in [5.41, 5.74) is 2.03. The molecule has 0 saturated heterocycles. The fraction of sp³-hybridized carbons (Fsp3) is 0.273. The molecule has 0 bridgehead atoms. The number of hydrogen-bond donors (Lipinski definition) is 2. The van der Waals surface area contributed by atoms with E-state index in [9.17, 15) is 19.2 Å². The largest absolute Gasteiger partial charge is 0.452 e. The molecule has 0 aliphatic heterocycles. The number of esters is 2. The average molecular weight is 412 g/mol. The summed E-state index contributed by atoms with van der Waals surface area (Å²) in [6.07, 6.45) is 0. The van der Waals surface area contributed by atoms with Crippen LogP contribution in [-0.2, 0) is 19.1 Å². The van der Waals surface area contributed by atoms with Gasteiger partial charge in [-0.15, -0.1) is 0 Å². The van der Waals surface area contributed by atoms with Crippen LogP contribution in [-0.4, -0.2) is 42.9 Å². The third-order valence-corrected chi connectivity index (χ3v) is 4.03. The number of nitrogens with one attached hydrogen (secondary N) is 2. The Labute approximate surface area is 174 Å². The molecule has 0 unspecified atom stereocenters. The number of rotatable bonds is 8. The molecule has 158 valence electrons. The molecule has 0 radical (unpaired) electrons. The number of carbonyl (C=O) groups is 4. The van der Waals surface area contributed by atoms with Gasteiger partial charge < -0.3 is 20.1 Å². The van der Waals surface area contributed by atoms with Gasteiger partial charge in [0.1, 0.15) is 11.8 Å². The number of amides is 2. The predicted octanol–water partition coefficient (Wildman–Crippen LogP) is 2.08. The van der Waals surface area contributed by atoms with E-state index < -0.39 is 30.5 Å². The van der Waals surface area contributed by atoms with Crippen LogP contribution in [0.4, 0.5) is 0 Å². The zero-order chi connectivity index (χ0) is 22.1. The van der Waals surface area contributed by atoms with Gasteiger partial charge in [0, 0.05) is 13.5 Å². The molecule has 30 heavy (non-hydrogen) atoms. The molecule has 8 heteroatoms. The standard InChI is InChI=1S/C22H24N2O6/c1-4-23-21(27)14(2)24-20(26)13-29-22(28)18-7-5-16(6-8-18)17-9-11-19(12-10-17)30-15(3)25/h5-12,14H,4,13H2,1-3H3,(H,23,27)(H,24,26)/t14-/m0/s1. The van der Waals surface area contributed by atoms with E-state index in [1.54, 1.807) is 62.4 Å². The van der Waals surface area contributed by atoms with Crippen LogP contribution in [0.5, 0.6) is 5.75 Å². The molecule has 0 saturated carbocycles. The highest BCUT2D eigenvalue weighted by molar-refractivity contribution is 5.93. The minimum atomic E-state index is -0.720. The first-order valence-corrected chi connectivity index (χ1v) is 9.43. The maximum Gasteiger partial charge on any atom is 0.338 e. The zero-order valence-electron chi connectivity index (χ0n) is 17.1. The first-order valence-electron chi connectivity index (χ1n) is 9.43. The Morgan fingerprint density at radius 1 is 0.933 bits per heavy atom. The van der Waals surface area contributed by atoms with E-state index in [4.69, 9.17) is 9.47 Å². The lowest BCUT2D eigenvalue weighted by molar-refractivity contribution is -0.131. The molecule has 2 rings (SSSR count). The maximum atomic E-state index is 12.1. The molecule has 1 atom stereocenters. The topological polar surface area (TPSA) is 111 Å². The molecule has 0 spiro atoms. The summed E-state index contributed by atoms with van der Waals surface area (Å²) in [6.45, 7) is 4.63. The first kappa shape index (κ1) is 22.6. The van der Waals surface area contributed by atoms with Crippen molar-refractivity contribution in [3.05, 3.63) is 54.1 Å². The molecule has 2 aromatic rings. The second-order valence-corrected chi connectivity index (χ2v) is 6.46. The van der Waals surface area contributed by atoms with E-state index in [1.807, 2.05) is 0 Å². The van der Waals surface area contributed by atoms with Gasteiger partial charge in [-0.2, -0.15) is 0 Å². The highest BCUT2D eigenvalue weighted by Gasteiger charge is 2.16. The second kappa shape index (κ2) is 10.8. The Morgan fingerprint density at radius 3 is 2.03 bits per heavy atom. The highest BCUT2D eigenvalue weighted by atomic mass is 16.5. The van der Waals surface area contributed by atoms with Crippen LogP contribution in [0, 0.1) is 0 Å². The minimum Gasteiger partial charge on any atom is -0.452 e. The van der Waals surface area contributed by atoms with Crippen molar-refractivity contribution in [3.63, 3.8) is 0 Å². The van der Waals surface area contributed by atoms with E-state index >= 15 is 0 Å². The summed E-state index contributed by atoms with van der Waals surface area (Å²) < 4.78 is 9.99. The number of ether oxygens (including phenoxy) is 2. The lowest BCUT2D eigenvalue weighted by Gasteiger charge is -2.13. The maximum absolute atomic E-state index is 12.1. The highest BCUT2D eigenvalue weighted by Crippen LogP contribution is 2.23. The fourth-order valence-corrected chi connectivity index (χ4v) is 2.57. The van der Waals surface area contributed by atoms with Crippen molar-refractivity contribution in [2.24, 2.45) is 0 Å². The van der Waals surface area contributed by atoms with Crippen LogP contribution < -0.4 is 15.4 Å². The molecule has 0 heterocycles. The van der Waals surface area contributed by atoms with Gasteiger partial charge in [0.2, 0.25) is 5.91 Å². The molecule has 2 aromatic carbocycles. The van der Waals surface area contributed by atoms with E-state index in [0.717, 1.165) is 11.1 Å². The fourth-order valence-electron chi connectivity index (χ4n) is 2.57. The molecule has 0 aliphatic rings. The molecular weight excluding hydrogens is 388 g/mol. The number of hydrogen-bond acceptors (Lipinski definition) is 6. The van der Waals surface area contributed by atoms with Crippen molar-refractivity contribution in [2.75, 3.05) is 13.2 Å². The first-order chi connectivity index (χ1) is 14.3. The van der Waals surface area contributed by atoms with Crippen LogP contribution in [0.1, 0.15) is 31.1 Å². The van der Waals surface area contributed by atoms with Crippen molar-refractivity contribution in [1.82, 2.24) is 10.6 Å². The predicted molar refractivity (Wildman–Crippen MR) is 110 cm³/mol. The number of likely N-dealkylation sites (N-methyl/N-ethyl adjacent to an activating group) is 1. The Hall–Kier alpha value is -3.68. The average Bonchev–Trinajstić information content (AvgIpc) is 2.72. The van der Waals surface area contributed by atoms with Crippen LogP contribution in [0.15, 0.2) is 48.5 Å². The quantitative estimate of drug-likeness (QED) is 0.507. The lowest BCUT2D eigenvalue weighted by Crippen LogP contribution is -2.46. The van der Waals surface area contributed by atoms with Crippen LogP contribution in [0.25, 0.3) is 11.1 Å². The van der Waals surface area contributed by atoms with Crippen molar-refractivity contribution >= 4 is 23.8 Å². The lowest BCUT2D eigenvalue weighted by atomic mass is 10.0. The van der Waals surface area contributed by atoms with Gasteiger partial charge in [-0.1, -0.05) is 24.3 Å². The SMILES string of the molecule is CCNC(=O)[C@H](C)NC(=O)COC(=O)c1ccc(-c2ccc(OC(C)=O)cc2)cc1. The van der Waals surface area contributed by atoms with Crippen LogP contribution in [0.3, 0.4) is 0 Å². The summed E-state index contributed by atoms with van der Waals surface area (Å²) in [4.78, 5) is 46.5. The molecule has 0 fully saturated rings. The molecule has 0 aliphatic carbocycles. The van der Waals surface area contributed by atoms with Gasteiger partial charge in [-0.3, -0.25) is 14.4 Å². The van der Waals surface area contributed by atoms with Gasteiger partial charge in [-0.25, -0.2) is 4.79 Å². The number of benzene rings is 2. The summed E-state index contributed by atoms with van der Waals surface area (Å²) in [7, 11) is 0. The Kier molecular flexibility index (Phi) is 8.10. The van der Waals surface area contributed by atoms with Gasteiger partial charge >= 0.3 is 11.9 Å². The van der Waals surface area contributed by atoms with E-state index in [2.05, 4.69) is 10.6 Å². The van der Waals surface area contributed by atoms with Gasteiger partial charge in [-0.05, 0) is 49.2 Å². The minimum absolute atomic E-state index is 0.292.